The second-order valence-electron chi connectivity index (χ2n) is 5.60. The van der Waals surface area contributed by atoms with Crippen LogP contribution in [0.15, 0.2) is 18.2 Å². The summed E-state index contributed by atoms with van der Waals surface area (Å²) < 4.78 is 0. The number of nitrogens with two attached hydrogens (primary N) is 1. The molecule has 2 heteroatoms. The van der Waals surface area contributed by atoms with E-state index in [1.165, 1.54) is 42.4 Å². The van der Waals surface area contributed by atoms with Gasteiger partial charge >= 0.3 is 0 Å². The second kappa shape index (κ2) is 5.19. The zero-order chi connectivity index (χ0) is 12.3. The van der Waals surface area contributed by atoms with Gasteiger partial charge in [0.15, 0.2) is 0 Å². The molecule has 17 heavy (non-hydrogen) atoms. The van der Waals surface area contributed by atoms with E-state index < -0.39 is 0 Å². The molecule has 0 unspecified atom stereocenters. The predicted octanol–water partition coefficient (Wildman–Crippen LogP) is 2.66. The Labute approximate surface area is 105 Å². The van der Waals surface area contributed by atoms with E-state index in [1.54, 1.807) is 0 Å². The number of hydrogen-bond acceptors (Lipinski definition) is 2. The molecule has 0 saturated heterocycles. The molecule has 1 aliphatic carbocycles. The average Bonchev–Trinajstić information content (AvgIpc) is 2.69. The lowest BCUT2D eigenvalue weighted by Crippen LogP contribution is -2.46. The van der Waals surface area contributed by atoms with E-state index >= 15 is 0 Å². The third-order valence-electron chi connectivity index (χ3n) is 3.89. The summed E-state index contributed by atoms with van der Waals surface area (Å²) in [6.07, 6.45) is 4.93. The SMILES string of the molecule is Cc1ccc(CNCC2(N)CCCC2)c(C)c1. The summed E-state index contributed by atoms with van der Waals surface area (Å²) in [5.74, 6) is 0. The fourth-order valence-corrected chi connectivity index (χ4v) is 2.75. The number of hydrogen-bond donors (Lipinski definition) is 2. The molecule has 1 saturated carbocycles. The largest absolute Gasteiger partial charge is 0.324 e. The van der Waals surface area contributed by atoms with E-state index in [0.717, 1.165) is 13.1 Å². The highest BCUT2D eigenvalue weighted by molar-refractivity contribution is 5.30. The molecule has 2 nitrogen and oxygen atoms in total. The van der Waals surface area contributed by atoms with E-state index in [4.69, 9.17) is 5.73 Å². The molecule has 3 N–H and O–H groups in total. The van der Waals surface area contributed by atoms with Crippen molar-refractivity contribution in [1.29, 1.82) is 0 Å². The quantitative estimate of drug-likeness (QED) is 0.837. The summed E-state index contributed by atoms with van der Waals surface area (Å²) in [6, 6.07) is 6.64. The Bertz CT molecular complexity index is 379. The molecule has 2 rings (SSSR count). The molecule has 1 aromatic rings. The van der Waals surface area contributed by atoms with Crippen LogP contribution < -0.4 is 11.1 Å². The van der Waals surface area contributed by atoms with Crippen molar-refractivity contribution in [2.75, 3.05) is 6.54 Å². The minimum atomic E-state index is 0.0542. The Morgan fingerprint density at radius 1 is 1.24 bits per heavy atom. The lowest BCUT2D eigenvalue weighted by Gasteiger charge is -2.24. The third-order valence-corrected chi connectivity index (χ3v) is 3.89. The van der Waals surface area contributed by atoms with Gasteiger partial charge in [-0.25, -0.2) is 0 Å². The highest BCUT2D eigenvalue weighted by atomic mass is 14.9. The van der Waals surface area contributed by atoms with Gasteiger partial charge in [0.05, 0.1) is 0 Å². The van der Waals surface area contributed by atoms with Crippen LogP contribution >= 0.6 is 0 Å². The van der Waals surface area contributed by atoms with Crippen LogP contribution in [0.3, 0.4) is 0 Å². The van der Waals surface area contributed by atoms with Gasteiger partial charge in [0, 0.05) is 18.6 Å². The van der Waals surface area contributed by atoms with E-state index in [2.05, 4.69) is 37.4 Å². The number of nitrogens with one attached hydrogen (secondary N) is 1. The maximum Gasteiger partial charge on any atom is 0.0280 e. The van der Waals surface area contributed by atoms with Crippen LogP contribution in [0.4, 0.5) is 0 Å². The molecule has 94 valence electrons. The van der Waals surface area contributed by atoms with Gasteiger partial charge in [0.2, 0.25) is 0 Å². The number of aryl methyl sites for hydroxylation is 2. The topological polar surface area (TPSA) is 38.0 Å². The van der Waals surface area contributed by atoms with Gasteiger partial charge in [0.25, 0.3) is 0 Å². The highest BCUT2D eigenvalue weighted by Gasteiger charge is 2.28. The Kier molecular flexibility index (Phi) is 3.85. The Hall–Kier alpha value is -0.860. The van der Waals surface area contributed by atoms with E-state index in [9.17, 15) is 0 Å². The van der Waals surface area contributed by atoms with E-state index in [1.807, 2.05) is 0 Å². The van der Waals surface area contributed by atoms with Crippen molar-refractivity contribution >= 4 is 0 Å². The van der Waals surface area contributed by atoms with Crippen LogP contribution in [-0.4, -0.2) is 12.1 Å². The van der Waals surface area contributed by atoms with Crippen LogP contribution in [0.5, 0.6) is 0 Å². The summed E-state index contributed by atoms with van der Waals surface area (Å²) in [4.78, 5) is 0. The third kappa shape index (κ3) is 3.30. The lowest BCUT2D eigenvalue weighted by atomic mass is 9.99. The predicted molar refractivity (Wildman–Crippen MR) is 73.0 cm³/mol. The van der Waals surface area contributed by atoms with Gasteiger partial charge in [-0.1, -0.05) is 36.6 Å². The molecule has 1 aromatic carbocycles. The normalized spacial score (nSPS) is 18.5. The van der Waals surface area contributed by atoms with E-state index in [0.29, 0.717) is 0 Å². The lowest BCUT2D eigenvalue weighted by molar-refractivity contribution is 0.404. The van der Waals surface area contributed by atoms with Crippen molar-refractivity contribution in [3.63, 3.8) is 0 Å². The van der Waals surface area contributed by atoms with Crippen molar-refractivity contribution in [3.05, 3.63) is 34.9 Å². The fourth-order valence-electron chi connectivity index (χ4n) is 2.75. The number of benzene rings is 1. The maximum atomic E-state index is 6.32. The summed E-state index contributed by atoms with van der Waals surface area (Å²) in [6.45, 7) is 6.20. The number of rotatable bonds is 4. The highest BCUT2D eigenvalue weighted by Crippen LogP contribution is 2.26. The fraction of sp³-hybridized carbons (Fsp3) is 0.600. The molecule has 0 atom stereocenters. The first-order valence-electron chi connectivity index (χ1n) is 6.65. The molecule has 1 fully saturated rings. The van der Waals surface area contributed by atoms with Gasteiger partial charge in [-0.05, 0) is 37.8 Å². The van der Waals surface area contributed by atoms with Crippen LogP contribution in [0.2, 0.25) is 0 Å². The monoisotopic (exact) mass is 232 g/mol. The van der Waals surface area contributed by atoms with Crippen molar-refractivity contribution in [2.45, 2.75) is 51.6 Å². The van der Waals surface area contributed by atoms with Crippen molar-refractivity contribution in [3.8, 4) is 0 Å². The van der Waals surface area contributed by atoms with Crippen LogP contribution in [0.25, 0.3) is 0 Å². The molecule has 0 heterocycles. The van der Waals surface area contributed by atoms with Gasteiger partial charge in [-0.3, -0.25) is 0 Å². The molecule has 0 aromatic heterocycles. The molecule has 0 bridgehead atoms. The summed E-state index contributed by atoms with van der Waals surface area (Å²) in [7, 11) is 0. The minimum absolute atomic E-state index is 0.0542. The Morgan fingerprint density at radius 3 is 2.59 bits per heavy atom. The van der Waals surface area contributed by atoms with Crippen molar-refractivity contribution in [2.24, 2.45) is 5.73 Å². The summed E-state index contributed by atoms with van der Waals surface area (Å²) in [5.41, 5.74) is 10.5. The van der Waals surface area contributed by atoms with Gasteiger partial charge in [-0.2, -0.15) is 0 Å². The maximum absolute atomic E-state index is 6.32. The van der Waals surface area contributed by atoms with Gasteiger partial charge in [-0.15, -0.1) is 0 Å². The van der Waals surface area contributed by atoms with Crippen LogP contribution in [0, 0.1) is 13.8 Å². The van der Waals surface area contributed by atoms with Crippen LogP contribution in [0.1, 0.15) is 42.4 Å². The standard InChI is InChI=1S/C15H24N2/c1-12-5-6-14(13(2)9-12)10-17-11-15(16)7-3-4-8-15/h5-6,9,17H,3-4,7-8,10-11,16H2,1-2H3. The average molecular weight is 232 g/mol. The van der Waals surface area contributed by atoms with Crippen molar-refractivity contribution in [1.82, 2.24) is 5.32 Å². The van der Waals surface area contributed by atoms with Gasteiger partial charge in [0.1, 0.15) is 0 Å². The van der Waals surface area contributed by atoms with Gasteiger partial charge < -0.3 is 11.1 Å². The zero-order valence-corrected chi connectivity index (χ0v) is 11.1. The molecular formula is C15H24N2. The molecule has 0 amide bonds. The smallest absolute Gasteiger partial charge is 0.0280 e. The van der Waals surface area contributed by atoms with Crippen molar-refractivity contribution < 1.29 is 0 Å². The molecular weight excluding hydrogens is 208 g/mol. The van der Waals surface area contributed by atoms with E-state index in [-0.39, 0.29) is 5.54 Å². The first kappa shape index (κ1) is 12.6. The Balaban J connectivity index is 1.85. The first-order chi connectivity index (χ1) is 8.09. The second-order valence-corrected chi connectivity index (χ2v) is 5.60. The Morgan fingerprint density at radius 2 is 1.94 bits per heavy atom. The molecule has 0 spiro atoms. The minimum Gasteiger partial charge on any atom is -0.324 e. The zero-order valence-electron chi connectivity index (χ0n) is 11.1. The first-order valence-corrected chi connectivity index (χ1v) is 6.65. The summed E-state index contributed by atoms with van der Waals surface area (Å²) in [5, 5.41) is 3.52. The molecule has 1 aliphatic rings. The molecule has 0 radical (unpaired) electrons. The summed E-state index contributed by atoms with van der Waals surface area (Å²) >= 11 is 0. The molecule has 0 aliphatic heterocycles. The van der Waals surface area contributed by atoms with Crippen LogP contribution in [-0.2, 0) is 6.54 Å².